The summed E-state index contributed by atoms with van der Waals surface area (Å²) in [6.07, 6.45) is 1.59. The van der Waals surface area contributed by atoms with Gasteiger partial charge in [-0.05, 0) is 38.0 Å². The predicted octanol–water partition coefficient (Wildman–Crippen LogP) is 2.65. The largest absolute Gasteiger partial charge is 0.485 e. The molecule has 0 radical (unpaired) electrons. The standard InChI is InChI=1S/C18H22N4O2/c1-11(2)7-15(21-10-20)22-16-13-8-12(9-19)5-6-14(13)24-18(3,4)17(16)23/h5-6,8,11,16-17,23H,7H2,1-4H3,(H,21,22). The van der Waals surface area contributed by atoms with Crippen molar-refractivity contribution in [3.8, 4) is 18.0 Å². The molecule has 1 heterocycles. The molecular weight excluding hydrogens is 304 g/mol. The number of rotatable bonds is 3. The molecule has 1 aromatic carbocycles. The first-order valence-electron chi connectivity index (χ1n) is 7.91. The van der Waals surface area contributed by atoms with Crippen LogP contribution in [0, 0.1) is 28.7 Å². The van der Waals surface area contributed by atoms with E-state index >= 15 is 0 Å². The minimum absolute atomic E-state index is 0.305. The van der Waals surface area contributed by atoms with Gasteiger partial charge >= 0.3 is 0 Å². The maximum absolute atomic E-state index is 10.7. The maximum Gasteiger partial charge on any atom is 0.182 e. The number of nitrogens with zero attached hydrogens (tertiary/aromatic N) is 3. The van der Waals surface area contributed by atoms with E-state index in [1.54, 1.807) is 32.0 Å². The van der Waals surface area contributed by atoms with Crippen LogP contribution in [0.25, 0.3) is 0 Å². The summed E-state index contributed by atoms with van der Waals surface area (Å²) in [6, 6.07) is 6.57. The zero-order valence-electron chi connectivity index (χ0n) is 14.4. The van der Waals surface area contributed by atoms with Crippen molar-refractivity contribution < 1.29 is 9.84 Å². The number of nitriles is 2. The van der Waals surface area contributed by atoms with Crippen molar-refractivity contribution in [3.05, 3.63) is 29.3 Å². The molecule has 0 spiro atoms. The van der Waals surface area contributed by atoms with Crippen molar-refractivity contribution in [2.24, 2.45) is 10.9 Å². The summed E-state index contributed by atoms with van der Waals surface area (Å²) in [6.45, 7) is 7.64. The molecule has 1 aliphatic rings. The molecule has 0 aromatic heterocycles. The van der Waals surface area contributed by atoms with Crippen LogP contribution in [0.3, 0.4) is 0 Å². The summed E-state index contributed by atoms with van der Waals surface area (Å²) in [4.78, 5) is 4.60. The number of hydrogen-bond acceptors (Lipinski definition) is 5. The second-order valence-electron chi connectivity index (χ2n) is 6.87. The van der Waals surface area contributed by atoms with Crippen LogP contribution in [-0.2, 0) is 0 Å². The lowest BCUT2D eigenvalue weighted by Crippen LogP contribution is -2.48. The second-order valence-corrected chi connectivity index (χ2v) is 6.87. The molecule has 2 N–H and O–H groups in total. The molecule has 6 nitrogen and oxygen atoms in total. The number of ether oxygens (including phenoxy) is 1. The molecule has 0 fully saturated rings. The van der Waals surface area contributed by atoms with Crippen LogP contribution < -0.4 is 10.1 Å². The molecular formula is C18H22N4O2. The highest BCUT2D eigenvalue weighted by Crippen LogP contribution is 2.42. The first-order chi connectivity index (χ1) is 11.3. The molecule has 0 amide bonds. The van der Waals surface area contributed by atoms with Crippen molar-refractivity contribution >= 4 is 5.84 Å². The van der Waals surface area contributed by atoms with Gasteiger partial charge in [-0.3, -0.25) is 10.3 Å². The lowest BCUT2D eigenvalue weighted by Gasteiger charge is -2.40. The number of aliphatic hydroxyl groups excluding tert-OH is 1. The van der Waals surface area contributed by atoms with Crippen molar-refractivity contribution in [1.82, 2.24) is 5.32 Å². The minimum Gasteiger partial charge on any atom is -0.485 e. The Labute approximate surface area is 142 Å². The molecule has 0 saturated carbocycles. The van der Waals surface area contributed by atoms with Crippen molar-refractivity contribution in [1.29, 1.82) is 10.5 Å². The minimum atomic E-state index is -0.901. The van der Waals surface area contributed by atoms with E-state index in [0.717, 1.165) is 0 Å². The average Bonchev–Trinajstić information content (AvgIpc) is 2.50. The molecule has 0 saturated heterocycles. The molecule has 2 atom stereocenters. The Morgan fingerprint density at radius 3 is 2.71 bits per heavy atom. The number of aliphatic imine (C=N–C) groups is 1. The smallest absolute Gasteiger partial charge is 0.182 e. The van der Waals surface area contributed by atoms with Gasteiger partial charge in [0.25, 0.3) is 0 Å². The summed E-state index contributed by atoms with van der Waals surface area (Å²) in [7, 11) is 0. The quantitative estimate of drug-likeness (QED) is 0.385. The molecule has 1 aromatic rings. The van der Waals surface area contributed by atoms with Gasteiger partial charge in [0.05, 0.1) is 11.6 Å². The van der Waals surface area contributed by atoms with Crippen LogP contribution in [0.5, 0.6) is 5.75 Å². The van der Waals surface area contributed by atoms with Crippen LogP contribution in [-0.4, -0.2) is 22.6 Å². The fourth-order valence-electron chi connectivity index (χ4n) is 2.73. The van der Waals surface area contributed by atoms with E-state index in [1.807, 2.05) is 20.0 Å². The van der Waals surface area contributed by atoms with E-state index in [0.29, 0.717) is 35.1 Å². The number of hydrogen-bond donors (Lipinski definition) is 2. The van der Waals surface area contributed by atoms with Gasteiger partial charge in [0.2, 0.25) is 0 Å². The van der Waals surface area contributed by atoms with Crippen LogP contribution in [0.15, 0.2) is 23.2 Å². The zero-order chi connectivity index (χ0) is 17.9. The molecule has 24 heavy (non-hydrogen) atoms. The van der Waals surface area contributed by atoms with E-state index in [2.05, 4.69) is 16.4 Å². The van der Waals surface area contributed by atoms with Gasteiger partial charge in [-0.1, -0.05) is 13.8 Å². The summed E-state index contributed by atoms with van der Waals surface area (Å²) in [5.74, 6) is 1.42. The van der Waals surface area contributed by atoms with Gasteiger partial charge in [-0.15, -0.1) is 0 Å². The van der Waals surface area contributed by atoms with Crippen LogP contribution in [0.1, 0.15) is 51.3 Å². The Morgan fingerprint density at radius 2 is 2.12 bits per heavy atom. The van der Waals surface area contributed by atoms with Gasteiger partial charge in [0.15, 0.2) is 6.19 Å². The van der Waals surface area contributed by atoms with E-state index in [4.69, 9.17) is 15.3 Å². The Kier molecular flexibility index (Phi) is 5.11. The van der Waals surface area contributed by atoms with E-state index in [-0.39, 0.29) is 0 Å². The monoisotopic (exact) mass is 326 g/mol. The molecule has 6 heteroatoms. The number of aliphatic hydroxyl groups is 1. The SMILES string of the molecule is CC(C)CC(=NC1c2cc(C#N)ccc2OC(C)(C)C1O)NC#N. The first kappa shape index (κ1) is 17.8. The molecule has 2 unspecified atom stereocenters. The maximum atomic E-state index is 10.7. The molecule has 2 rings (SSSR count). The fraction of sp³-hybridized carbons (Fsp3) is 0.500. The highest BCUT2D eigenvalue weighted by molar-refractivity contribution is 5.84. The summed E-state index contributed by atoms with van der Waals surface area (Å²) < 4.78 is 5.87. The highest BCUT2D eigenvalue weighted by Gasteiger charge is 2.43. The Balaban J connectivity index is 2.54. The van der Waals surface area contributed by atoms with E-state index < -0.39 is 17.7 Å². The summed E-state index contributed by atoms with van der Waals surface area (Å²) in [5.41, 5.74) is 0.301. The Morgan fingerprint density at radius 1 is 1.42 bits per heavy atom. The van der Waals surface area contributed by atoms with Gasteiger partial charge in [0.1, 0.15) is 29.3 Å². The van der Waals surface area contributed by atoms with Crippen molar-refractivity contribution in [3.63, 3.8) is 0 Å². The molecule has 126 valence electrons. The highest BCUT2D eigenvalue weighted by atomic mass is 16.5. The third kappa shape index (κ3) is 3.67. The number of benzene rings is 1. The third-order valence-electron chi connectivity index (χ3n) is 3.94. The topological polar surface area (TPSA) is 101 Å². The number of nitrogens with one attached hydrogen (secondary N) is 1. The van der Waals surface area contributed by atoms with Gasteiger partial charge in [-0.25, -0.2) is 0 Å². The number of amidine groups is 1. The molecule has 1 aliphatic heterocycles. The zero-order valence-corrected chi connectivity index (χ0v) is 14.4. The molecule has 0 bridgehead atoms. The van der Waals surface area contributed by atoms with Crippen molar-refractivity contribution in [2.45, 2.75) is 51.9 Å². The van der Waals surface area contributed by atoms with Crippen LogP contribution in [0.2, 0.25) is 0 Å². The van der Waals surface area contributed by atoms with Gasteiger partial charge < -0.3 is 9.84 Å². The lowest BCUT2D eigenvalue weighted by atomic mass is 9.86. The Hall–Kier alpha value is -2.57. The van der Waals surface area contributed by atoms with Gasteiger partial charge in [0, 0.05) is 12.0 Å². The Bertz CT molecular complexity index is 726. The van der Waals surface area contributed by atoms with Crippen LogP contribution >= 0.6 is 0 Å². The average molecular weight is 326 g/mol. The molecule has 0 aliphatic carbocycles. The summed E-state index contributed by atoms with van der Waals surface area (Å²) >= 11 is 0. The lowest BCUT2D eigenvalue weighted by molar-refractivity contribution is -0.0567. The third-order valence-corrected chi connectivity index (χ3v) is 3.94. The first-order valence-corrected chi connectivity index (χ1v) is 7.91. The van der Waals surface area contributed by atoms with E-state index in [1.165, 1.54) is 0 Å². The fourth-order valence-corrected chi connectivity index (χ4v) is 2.73. The van der Waals surface area contributed by atoms with E-state index in [9.17, 15) is 5.11 Å². The normalized spacial score (nSPS) is 22.1. The number of fused-ring (bicyclic) bond motifs is 1. The second kappa shape index (κ2) is 6.90. The van der Waals surface area contributed by atoms with Gasteiger partial charge in [-0.2, -0.15) is 10.5 Å². The summed E-state index contributed by atoms with van der Waals surface area (Å²) in [5, 5.41) is 31.4. The van der Waals surface area contributed by atoms with Crippen molar-refractivity contribution in [2.75, 3.05) is 0 Å². The van der Waals surface area contributed by atoms with Crippen LogP contribution in [0.4, 0.5) is 0 Å². The predicted molar refractivity (Wildman–Crippen MR) is 90.3 cm³/mol.